The Hall–Kier alpha value is -2.18. The highest BCUT2D eigenvalue weighted by Crippen LogP contribution is 2.30. The highest BCUT2D eigenvalue weighted by atomic mass is 35.5. The van der Waals surface area contributed by atoms with Crippen LogP contribution < -0.4 is 14.8 Å². The summed E-state index contributed by atoms with van der Waals surface area (Å²) in [5.41, 5.74) is 0.0369. The monoisotopic (exact) mass is 529 g/mol. The second-order valence-corrected chi connectivity index (χ2v) is 12.3. The Bertz CT molecular complexity index is 1270. The maximum atomic E-state index is 13.1. The summed E-state index contributed by atoms with van der Waals surface area (Å²) in [6, 6.07) is 7.68. The molecule has 12 heteroatoms. The van der Waals surface area contributed by atoms with Crippen LogP contribution in [0.4, 0.5) is 5.69 Å². The number of anilines is 1. The molecule has 2 N–H and O–H groups in total. The van der Waals surface area contributed by atoms with Crippen LogP contribution in [0.3, 0.4) is 0 Å². The van der Waals surface area contributed by atoms with E-state index < -0.39 is 26.0 Å². The molecule has 0 radical (unpaired) electrons. The van der Waals surface area contributed by atoms with Crippen LogP contribution in [0, 0.1) is 0 Å². The molecule has 1 heterocycles. The lowest BCUT2D eigenvalue weighted by Crippen LogP contribution is -2.35. The maximum absolute atomic E-state index is 13.1. The maximum Gasteiger partial charge on any atom is 0.257 e. The number of rotatable bonds is 8. The number of hydrogen-bond donors (Lipinski definition) is 2. The summed E-state index contributed by atoms with van der Waals surface area (Å²) in [6.45, 7) is 4.23. The molecule has 3 rings (SSSR count). The molecule has 34 heavy (non-hydrogen) atoms. The molecular formula is C22H28ClN3O6S2. The number of piperidine rings is 1. The number of halogens is 1. The number of sulfonamides is 2. The Balaban J connectivity index is 1.94. The van der Waals surface area contributed by atoms with E-state index in [9.17, 15) is 21.6 Å². The Morgan fingerprint density at radius 1 is 1.00 bits per heavy atom. The average molecular weight is 530 g/mol. The molecule has 2 aromatic carbocycles. The van der Waals surface area contributed by atoms with E-state index >= 15 is 0 Å². The summed E-state index contributed by atoms with van der Waals surface area (Å²) in [7, 11) is -6.22. The molecule has 1 amide bonds. The van der Waals surface area contributed by atoms with Gasteiger partial charge in [-0.1, -0.05) is 18.0 Å². The van der Waals surface area contributed by atoms with Gasteiger partial charge in [0.25, 0.3) is 5.91 Å². The predicted octanol–water partition coefficient (Wildman–Crippen LogP) is 3.46. The normalized spacial score (nSPS) is 15.3. The largest absolute Gasteiger partial charge is 0.495 e. The summed E-state index contributed by atoms with van der Waals surface area (Å²) in [6.07, 6.45) is 2.54. The first-order valence-corrected chi connectivity index (χ1v) is 14.1. The second kappa shape index (κ2) is 10.6. The van der Waals surface area contributed by atoms with Gasteiger partial charge in [-0.15, -0.1) is 0 Å². The summed E-state index contributed by atoms with van der Waals surface area (Å²) in [5, 5.41) is 2.65. The van der Waals surface area contributed by atoms with Crippen molar-refractivity contribution < 1.29 is 26.4 Å². The molecule has 1 saturated heterocycles. The minimum absolute atomic E-state index is 0.0339. The quantitative estimate of drug-likeness (QED) is 0.540. The Labute approximate surface area is 205 Å². The zero-order valence-corrected chi connectivity index (χ0v) is 21.6. The summed E-state index contributed by atoms with van der Waals surface area (Å²) in [5.74, 6) is -0.476. The van der Waals surface area contributed by atoms with E-state index in [2.05, 4.69) is 10.0 Å². The third-order valence-electron chi connectivity index (χ3n) is 5.26. The van der Waals surface area contributed by atoms with E-state index in [1.165, 1.54) is 47.8 Å². The molecule has 186 valence electrons. The zero-order chi connectivity index (χ0) is 25.1. The molecule has 0 atom stereocenters. The summed E-state index contributed by atoms with van der Waals surface area (Å²) < 4.78 is 60.3. The van der Waals surface area contributed by atoms with Gasteiger partial charge < -0.3 is 10.1 Å². The summed E-state index contributed by atoms with van der Waals surface area (Å²) >= 11 is 6.22. The van der Waals surface area contributed by atoms with Crippen LogP contribution in [0.5, 0.6) is 5.75 Å². The van der Waals surface area contributed by atoms with Crippen molar-refractivity contribution in [1.82, 2.24) is 9.03 Å². The Kier molecular flexibility index (Phi) is 8.25. The van der Waals surface area contributed by atoms with E-state index in [-0.39, 0.29) is 37.9 Å². The fraction of sp³-hybridized carbons (Fsp3) is 0.409. The first-order chi connectivity index (χ1) is 16.0. The van der Waals surface area contributed by atoms with Gasteiger partial charge in [0.2, 0.25) is 20.0 Å². The van der Waals surface area contributed by atoms with Gasteiger partial charge in [0.1, 0.15) is 5.75 Å². The van der Waals surface area contributed by atoms with Crippen molar-refractivity contribution in [2.24, 2.45) is 0 Å². The number of methoxy groups -OCH3 is 1. The van der Waals surface area contributed by atoms with Crippen LogP contribution in [0.2, 0.25) is 5.02 Å². The smallest absolute Gasteiger partial charge is 0.257 e. The highest BCUT2D eigenvalue weighted by Gasteiger charge is 2.27. The molecule has 1 aliphatic rings. The topological polar surface area (TPSA) is 122 Å². The minimum Gasteiger partial charge on any atom is -0.495 e. The van der Waals surface area contributed by atoms with Crippen molar-refractivity contribution in [3.05, 3.63) is 47.0 Å². The van der Waals surface area contributed by atoms with Gasteiger partial charge in [-0.2, -0.15) is 4.31 Å². The SMILES string of the molecule is COc1ccc(S(=O)(=O)NC(C)C)cc1NC(=O)c1cc(S(=O)(=O)N2CCCCC2)ccc1Cl. The van der Waals surface area contributed by atoms with Crippen molar-refractivity contribution in [2.75, 3.05) is 25.5 Å². The number of carbonyl (C=O) groups is 1. The molecule has 0 bridgehead atoms. The van der Waals surface area contributed by atoms with Crippen molar-refractivity contribution in [2.45, 2.75) is 48.9 Å². The van der Waals surface area contributed by atoms with Crippen molar-refractivity contribution in [1.29, 1.82) is 0 Å². The Morgan fingerprint density at radius 3 is 2.26 bits per heavy atom. The molecule has 0 unspecified atom stereocenters. The minimum atomic E-state index is -3.82. The molecule has 9 nitrogen and oxygen atoms in total. The van der Waals surface area contributed by atoms with Crippen LogP contribution in [-0.2, 0) is 20.0 Å². The van der Waals surface area contributed by atoms with Crippen LogP contribution >= 0.6 is 11.6 Å². The fourth-order valence-corrected chi connectivity index (χ4v) is 6.64. The van der Waals surface area contributed by atoms with Gasteiger partial charge >= 0.3 is 0 Å². The third-order valence-corrected chi connectivity index (χ3v) is 9.14. The van der Waals surface area contributed by atoms with Crippen LogP contribution in [0.25, 0.3) is 0 Å². The van der Waals surface area contributed by atoms with Crippen molar-refractivity contribution in [3.8, 4) is 5.75 Å². The molecular weight excluding hydrogens is 502 g/mol. The molecule has 0 saturated carbocycles. The Morgan fingerprint density at radius 2 is 1.65 bits per heavy atom. The van der Waals surface area contributed by atoms with E-state index in [0.717, 1.165) is 19.3 Å². The molecule has 1 fully saturated rings. The van der Waals surface area contributed by atoms with E-state index in [1.54, 1.807) is 13.8 Å². The van der Waals surface area contributed by atoms with Crippen LogP contribution in [0.15, 0.2) is 46.2 Å². The number of nitrogens with zero attached hydrogens (tertiary/aromatic N) is 1. The van der Waals surface area contributed by atoms with Gasteiger partial charge in [0.05, 0.1) is 33.2 Å². The lowest BCUT2D eigenvalue weighted by molar-refractivity contribution is 0.102. The second-order valence-electron chi connectivity index (χ2n) is 8.20. The molecule has 0 aliphatic carbocycles. The first kappa shape index (κ1) is 26.4. The van der Waals surface area contributed by atoms with Crippen LogP contribution in [-0.4, -0.2) is 53.3 Å². The standard InChI is InChI=1S/C22H28ClN3O6S2/c1-15(2)25-33(28,29)16-8-10-21(32-3)20(14-16)24-22(27)18-13-17(7-9-19(18)23)34(30,31)26-11-5-4-6-12-26/h7-10,13-15,25H,4-6,11-12H2,1-3H3,(H,24,27). The number of carbonyl (C=O) groups excluding carboxylic acids is 1. The lowest BCUT2D eigenvalue weighted by atomic mass is 10.2. The summed E-state index contributed by atoms with van der Waals surface area (Å²) in [4.78, 5) is 13.0. The van der Waals surface area contributed by atoms with Crippen molar-refractivity contribution >= 4 is 43.2 Å². The van der Waals surface area contributed by atoms with E-state index in [0.29, 0.717) is 13.1 Å². The zero-order valence-electron chi connectivity index (χ0n) is 19.2. The predicted molar refractivity (Wildman–Crippen MR) is 130 cm³/mol. The van der Waals surface area contributed by atoms with Gasteiger partial charge in [0.15, 0.2) is 0 Å². The third kappa shape index (κ3) is 5.89. The van der Waals surface area contributed by atoms with E-state index in [4.69, 9.17) is 16.3 Å². The molecule has 0 aromatic heterocycles. The van der Waals surface area contributed by atoms with Crippen molar-refractivity contribution in [3.63, 3.8) is 0 Å². The van der Waals surface area contributed by atoms with Gasteiger partial charge in [-0.3, -0.25) is 4.79 Å². The molecule has 1 aliphatic heterocycles. The highest BCUT2D eigenvalue weighted by molar-refractivity contribution is 7.89. The number of nitrogens with one attached hydrogen (secondary N) is 2. The van der Waals surface area contributed by atoms with Gasteiger partial charge in [-0.25, -0.2) is 21.6 Å². The number of hydrogen-bond acceptors (Lipinski definition) is 6. The molecule has 0 spiro atoms. The van der Waals surface area contributed by atoms with Crippen LogP contribution in [0.1, 0.15) is 43.5 Å². The van der Waals surface area contributed by atoms with Gasteiger partial charge in [0, 0.05) is 19.1 Å². The number of benzene rings is 2. The fourth-order valence-electron chi connectivity index (χ4n) is 3.61. The van der Waals surface area contributed by atoms with E-state index in [1.807, 2.05) is 0 Å². The average Bonchev–Trinajstić information content (AvgIpc) is 2.78. The molecule has 2 aromatic rings. The first-order valence-electron chi connectivity index (χ1n) is 10.8. The number of ether oxygens (including phenoxy) is 1. The lowest BCUT2D eigenvalue weighted by Gasteiger charge is -2.26. The van der Waals surface area contributed by atoms with Gasteiger partial charge in [-0.05, 0) is 63.1 Å². The number of amides is 1.